The van der Waals surface area contributed by atoms with Crippen LogP contribution in [0.2, 0.25) is 0 Å². The number of hydrogen-bond acceptors (Lipinski definition) is 6. The number of carbonyl (C=O) groups is 4. The van der Waals surface area contributed by atoms with Gasteiger partial charge in [0.05, 0.1) is 11.1 Å². The standard InChI is InChI=1S/C21H26N4O4/c1-24(12-14-3-2-8-22-10-14)11-13-4-5-15-16(9-13)21(29)25(20(15)28)17-6-7-18(26)23-19(17)27/h4-5,9,14,17,22H,2-3,6-8,10-12H2,1H3,(H,23,26,27)/t14-,17?/m0/s1. The fourth-order valence-electron chi connectivity index (χ4n) is 4.51. The van der Waals surface area contributed by atoms with E-state index in [1.54, 1.807) is 12.1 Å². The quantitative estimate of drug-likeness (QED) is 0.702. The van der Waals surface area contributed by atoms with Crippen molar-refractivity contribution in [3.8, 4) is 0 Å². The number of nitrogens with one attached hydrogen (secondary N) is 2. The molecule has 3 aliphatic rings. The van der Waals surface area contributed by atoms with Crippen molar-refractivity contribution >= 4 is 23.6 Å². The van der Waals surface area contributed by atoms with E-state index in [9.17, 15) is 19.2 Å². The van der Waals surface area contributed by atoms with Crippen LogP contribution in [0.1, 0.15) is 52.0 Å². The fraction of sp³-hybridized carbons (Fsp3) is 0.524. The second-order valence-electron chi connectivity index (χ2n) is 8.24. The van der Waals surface area contributed by atoms with Gasteiger partial charge in [0.25, 0.3) is 11.8 Å². The number of carbonyl (C=O) groups excluding carboxylic acids is 4. The lowest BCUT2D eigenvalue weighted by molar-refractivity contribution is -0.136. The van der Waals surface area contributed by atoms with E-state index in [2.05, 4.69) is 22.6 Å². The maximum atomic E-state index is 12.9. The van der Waals surface area contributed by atoms with Gasteiger partial charge >= 0.3 is 0 Å². The lowest BCUT2D eigenvalue weighted by Gasteiger charge is -2.28. The summed E-state index contributed by atoms with van der Waals surface area (Å²) in [5.74, 6) is -1.26. The molecule has 0 radical (unpaired) electrons. The van der Waals surface area contributed by atoms with Crippen LogP contribution >= 0.6 is 0 Å². The number of fused-ring (bicyclic) bond motifs is 1. The Kier molecular flexibility index (Phi) is 5.47. The first-order valence-corrected chi connectivity index (χ1v) is 10.2. The van der Waals surface area contributed by atoms with Gasteiger partial charge in [-0.15, -0.1) is 0 Å². The second kappa shape index (κ2) is 8.04. The molecule has 2 N–H and O–H groups in total. The maximum Gasteiger partial charge on any atom is 0.262 e. The van der Waals surface area contributed by atoms with Gasteiger partial charge in [0.1, 0.15) is 6.04 Å². The number of imide groups is 2. The van der Waals surface area contributed by atoms with Crippen molar-refractivity contribution in [3.05, 3.63) is 34.9 Å². The predicted octanol–water partition coefficient (Wildman–Crippen LogP) is 0.519. The van der Waals surface area contributed by atoms with E-state index in [-0.39, 0.29) is 18.7 Å². The minimum Gasteiger partial charge on any atom is -0.316 e. The zero-order valence-corrected chi connectivity index (χ0v) is 16.6. The summed E-state index contributed by atoms with van der Waals surface area (Å²) >= 11 is 0. The molecule has 0 aromatic heterocycles. The van der Waals surface area contributed by atoms with E-state index in [1.807, 2.05) is 6.07 Å². The third-order valence-electron chi connectivity index (χ3n) is 5.93. The van der Waals surface area contributed by atoms with E-state index in [4.69, 9.17) is 0 Å². The van der Waals surface area contributed by atoms with Gasteiger partial charge in [-0.2, -0.15) is 0 Å². The minimum atomic E-state index is -0.926. The van der Waals surface area contributed by atoms with Crippen molar-refractivity contribution < 1.29 is 19.2 Å². The molecule has 0 spiro atoms. The van der Waals surface area contributed by atoms with Crippen molar-refractivity contribution in [2.24, 2.45) is 5.92 Å². The summed E-state index contributed by atoms with van der Waals surface area (Å²) in [6.45, 7) is 3.77. The van der Waals surface area contributed by atoms with Crippen molar-refractivity contribution in [1.29, 1.82) is 0 Å². The normalized spacial score (nSPS) is 24.8. The lowest BCUT2D eigenvalue weighted by Crippen LogP contribution is -2.54. The third-order valence-corrected chi connectivity index (χ3v) is 5.93. The number of nitrogens with zero attached hydrogens (tertiary/aromatic N) is 2. The highest BCUT2D eigenvalue weighted by Gasteiger charge is 2.44. The van der Waals surface area contributed by atoms with Crippen LogP contribution in [0.15, 0.2) is 18.2 Å². The van der Waals surface area contributed by atoms with Crippen LogP contribution in [0.4, 0.5) is 0 Å². The van der Waals surface area contributed by atoms with Crippen molar-refractivity contribution in [3.63, 3.8) is 0 Å². The van der Waals surface area contributed by atoms with Gasteiger partial charge in [-0.25, -0.2) is 0 Å². The van der Waals surface area contributed by atoms with Crippen molar-refractivity contribution in [1.82, 2.24) is 20.4 Å². The average molecular weight is 398 g/mol. The Morgan fingerprint density at radius 2 is 1.90 bits per heavy atom. The van der Waals surface area contributed by atoms with Gasteiger partial charge < -0.3 is 10.2 Å². The van der Waals surface area contributed by atoms with Crippen LogP contribution in [0.3, 0.4) is 0 Å². The lowest BCUT2D eigenvalue weighted by atomic mass is 9.99. The third kappa shape index (κ3) is 3.95. The van der Waals surface area contributed by atoms with Crippen LogP contribution < -0.4 is 10.6 Å². The molecule has 154 valence electrons. The van der Waals surface area contributed by atoms with Crippen molar-refractivity contribution in [2.45, 2.75) is 38.3 Å². The Balaban J connectivity index is 1.46. The van der Waals surface area contributed by atoms with E-state index >= 15 is 0 Å². The molecule has 4 amide bonds. The Morgan fingerprint density at radius 3 is 2.62 bits per heavy atom. The summed E-state index contributed by atoms with van der Waals surface area (Å²) in [6.07, 6.45) is 2.70. The van der Waals surface area contributed by atoms with Crippen molar-refractivity contribution in [2.75, 3.05) is 26.7 Å². The molecule has 0 saturated carbocycles. The summed E-state index contributed by atoms with van der Waals surface area (Å²) in [7, 11) is 2.06. The molecule has 2 saturated heterocycles. The Labute approximate surface area is 169 Å². The summed E-state index contributed by atoms with van der Waals surface area (Å²) in [5.41, 5.74) is 1.62. The molecular weight excluding hydrogens is 372 g/mol. The first-order chi connectivity index (χ1) is 13.9. The SMILES string of the molecule is CN(Cc1ccc2c(c1)C(=O)N(C1CCC(=O)NC1=O)C2=O)C[C@H]1CCCNC1. The highest BCUT2D eigenvalue weighted by molar-refractivity contribution is 6.23. The van der Waals surface area contributed by atoms with Gasteiger partial charge in [0.2, 0.25) is 11.8 Å². The van der Waals surface area contributed by atoms with Crippen LogP contribution in [-0.4, -0.2) is 66.2 Å². The highest BCUT2D eigenvalue weighted by Crippen LogP contribution is 2.28. The molecular formula is C21H26N4O4. The van der Waals surface area contributed by atoms with Gasteiger partial charge in [-0.1, -0.05) is 6.07 Å². The topological polar surface area (TPSA) is 98.8 Å². The zero-order valence-electron chi connectivity index (χ0n) is 16.6. The highest BCUT2D eigenvalue weighted by atomic mass is 16.2. The number of hydrogen-bond donors (Lipinski definition) is 2. The Bertz CT molecular complexity index is 862. The molecule has 2 fully saturated rings. The van der Waals surface area contributed by atoms with E-state index in [1.165, 1.54) is 12.8 Å². The van der Waals surface area contributed by atoms with Gasteiger partial charge in [0.15, 0.2) is 0 Å². The monoisotopic (exact) mass is 398 g/mol. The molecule has 29 heavy (non-hydrogen) atoms. The number of piperidine rings is 2. The molecule has 0 bridgehead atoms. The van der Waals surface area contributed by atoms with Crippen LogP contribution in [0.5, 0.6) is 0 Å². The first-order valence-electron chi connectivity index (χ1n) is 10.2. The molecule has 8 nitrogen and oxygen atoms in total. The largest absolute Gasteiger partial charge is 0.316 e. The first kappa shape index (κ1) is 19.7. The van der Waals surface area contributed by atoms with Crippen LogP contribution in [-0.2, 0) is 16.1 Å². The zero-order chi connectivity index (χ0) is 20.5. The van der Waals surface area contributed by atoms with Gasteiger partial charge in [-0.3, -0.25) is 29.4 Å². The molecule has 3 aliphatic heterocycles. The average Bonchev–Trinajstić information content (AvgIpc) is 2.93. The molecule has 8 heteroatoms. The number of benzene rings is 1. The van der Waals surface area contributed by atoms with Crippen LogP contribution in [0.25, 0.3) is 0 Å². The molecule has 1 aromatic rings. The fourth-order valence-corrected chi connectivity index (χ4v) is 4.51. The molecule has 2 atom stereocenters. The van der Waals surface area contributed by atoms with Crippen LogP contribution in [0, 0.1) is 5.92 Å². The summed E-state index contributed by atoms with van der Waals surface area (Å²) in [4.78, 5) is 52.4. The van der Waals surface area contributed by atoms with E-state index in [0.29, 0.717) is 23.6 Å². The van der Waals surface area contributed by atoms with Gasteiger partial charge in [-0.05, 0) is 63.0 Å². The van der Waals surface area contributed by atoms with E-state index in [0.717, 1.165) is 30.1 Å². The molecule has 3 heterocycles. The smallest absolute Gasteiger partial charge is 0.262 e. The molecule has 1 aromatic carbocycles. The predicted molar refractivity (Wildman–Crippen MR) is 105 cm³/mol. The summed E-state index contributed by atoms with van der Waals surface area (Å²) in [5, 5.41) is 5.64. The second-order valence-corrected chi connectivity index (χ2v) is 8.24. The van der Waals surface area contributed by atoms with E-state index < -0.39 is 23.8 Å². The maximum absolute atomic E-state index is 12.9. The van der Waals surface area contributed by atoms with Gasteiger partial charge in [0, 0.05) is 19.5 Å². The summed E-state index contributed by atoms with van der Waals surface area (Å²) in [6, 6.07) is 4.38. The Hall–Kier alpha value is -2.58. The Morgan fingerprint density at radius 1 is 1.10 bits per heavy atom. The molecule has 1 unspecified atom stereocenters. The number of amides is 4. The minimum absolute atomic E-state index is 0.121. The summed E-state index contributed by atoms with van der Waals surface area (Å²) < 4.78 is 0. The number of rotatable bonds is 5. The molecule has 0 aliphatic carbocycles. The molecule has 4 rings (SSSR count).